The van der Waals surface area contributed by atoms with Crippen LogP contribution in [0, 0.1) is 19.8 Å². The maximum atomic E-state index is 12.7. The predicted octanol–water partition coefficient (Wildman–Crippen LogP) is 4.38. The lowest BCUT2D eigenvalue weighted by Gasteiger charge is -2.30. The van der Waals surface area contributed by atoms with Gasteiger partial charge in [0.2, 0.25) is 5.91 Å². The summed E-state index contributed by atoms with van der Waals surface area (Å²) in [5.74, 6) is -0.675. The molecule has 1 fully saturated rings. The van der Waals surface area contributed by atoms with Gasteiger partial charge in [-0.25, -0.2) is 0 Å². The van der Waals surface area contributed by atoms with Gasteiger partial charge in [-0.2, -0.15) is 0 Å². The van der Waals surface area contributed by atoms with Crippen molar-refractivity contribution >= 4 is 23.6 Å². The molecule has 0 radical (unpaired) electrons. The number of nitrogens with two attached hydrogens (primary N) is 1. The second kappa shape index (κ2) is 12.8. The molecule has 0 saturated heterocycles. The summed E-state index contributed by atoms with van der Waals surface area (Å²) >= 11 is 0. The molecule has 9 heteroatoms. The number of fused-ring (bicyclic) bond motifs is 1. The van der Waals surface area contributed by atoms with Crippen molar-refractivity contribution in [3.8, 4) is 5.69 Å². The number of benzene rings is 1. The number of primary amides is 1. The van der Waals surface area contributed by atoms with Crippen LogP contribution in [0.1, 0.15) is 95.1 Å². The molecule has 0 bridgehead atoms. The van der Waals surface area contributed by atoms with E-state index in [0.717, 1.165) is 72.3 Å². The molecule has 42 heavy (non-hydrogen) atoms. The van der Waals surface area contributed by atoms with Gasteiger partial charge in [-0.15, -0.1) is 0 Å². The Hall–Kier alpha value is -3.46. The van der Waals surface area contributed by atoms with E-state index in [1.807, 2.05) is 47.1 Å². The zero-order valence-electron chi connectivity index (χ0n) is 26.0. The number of amides is 1. The highest BCUT2D eigenvalue weighted by Gasteiger charge is 2.30. The molecule has 9 nitrogen and oxygen atoms in total. The number of aromatic nitrogens is 1. The van der Waals surface area contributed by atoms with E-state index >= 15 is 0 Å². The van der Waals surface area contributed by atoms with Crippen molar-refractivity contribution in [2.24, 2.45) is 11.7 Å². The fourth-order valence-corrected chi connectivity index (χ4v) is 6.68. The van der Waals surface area contributed by atoms with Crippen LogP contribution < -0.4 is 5.73 Å². The van der Waals surface area contributed by atoms with E-state index in [-0.39, 0.29) is 24.3 Å². The number of ether oxygens (including phenoxy) is 2. The highest BCUT2D eigenvalue weighted by molar-refractivity contribution is 6.00. The Kier molecular flexibility index (Phi) is 9.60. The lowest BCUT2D eigenvalue weighted by atomic mass is 9.82. The molecule has 2 aliphatic rings. The van der Waals surface area contributed by atoms with Crippen molar-refractivity contribution < 1.29 is 33.1 Å². The summed E-state index contributed by atoms with van der Waals surface area (Å²) in [6.07, 6.45) is 5.51. The van der Waals surface area contributed by atoms with Gasteiger partial charge in [0.15, 0.2) is 11.9 Å². The van der Waals surface area contributed by atoms with Crippen LogP contribution in [0.5, 0.6) is 0 Å². The second-order valence-electron chi connectivity index (χ2n) is 13.1. The number of quaternary nitrogens is 1. The van der Waals surface area contributed by atoms with E-state index in [4.69, 9.17) is 15.2 Å². The smallest absolute Gasteiger partial charge is 0.310 e. The highest BCUT2D eigenvalue weighted by atomic mass is 16.6. The Labute approximate surface area is 248 Å². The molecule has 1 aromatic carbocycles. The number of hydrogen-bond donors (Lipinski definition) is 1. The quantitative estimate of drug-likeness (QED) is 0.329. The molecule has 1 atom stereocenters. The van der Waals surface area contributed by atoms with Crippen molar-refractivity contribution in [2.75, 3.05) is 27.7 Å². The first-order valence-electron chi connectivity index (χ1n) is 15.1. The monoisotopic (exact) mass is 580 g/mol. The van der Waals surface area contributed by atoms with Crippen molar-refractivity contribution in [3.05, 3.63) is 51.8 Å². The number of carbonyl (C=O) groups excluding carboxylic acids is 4. The molecule has 1 amide bonds. The minimum absolute atomic E-state index is 0.0391. The van der Waals surface area contributed by atoms with Gasteiger partial charge in [0.05, 0.1) is 27.6 Å². The van der Waals surface area contributed by atoms with Crippen LogP contribution in [0.3, 0.4) is 0 Å². The summed E-state index contributed by atoms with van der Waals surface area (Å²) < 4.78 is 13.9. The van der Waals surface area contributed by atoms with Crippen LogP contribution in [-0.4, -0.2) is 72.6 Å². The van der Waals surface area contributed by atoms with Crippen LogP contribution in [-0.2, 0) is 31.9 Å². The summed E-state index contributed by atoms with van der Waals surface area (Å²) in [4.78, 5) is 49.3. The van der Waals surface area contributed by atoms with Gasteiger partial charge in [-0.05, 0) is 94.0 Å². The van der Waals surface area contributed by atoms with Crippen molar-refractivity contribution in [1.29, 1.82) is 0 Å². The maximum Gasteiger partial charge on any atom is 0.310 e. The molecule has 1 heterocycles. The minimum Gasteiger partial charge on any atom is -0.462 e. The van der Waals surface area contributed by atoms with Gasteiger partial charge in [0, 0.05) is 41.5 Å². The second-order valence-corrected chi connectivity index (χ2v) is 13.1. The average molecular weight is 581 g/mol. The summed E-state index contributed by atoms with van der Waals surface area (Å²) in [7, 11) is 5.95. The molecular weight excluding hydrogens is 534 g/mol. The van der Waals surface area contributed by atoms with Gasteiger partial charge in [0.25, 0.3) is 0 Å². The van der Waals surface area contributed by atoms with Gasteiger partial charge in [-0.1, -0.05) is 0 Å². The van der Waals surface area contributed by atoms with Gasteiger partial charge in [-0.3, -0.25) is 19.2 Å². The number of carbonyl (C=O) groups is 4. The number of nitrogens with zero attached hydrogens (tertiary/aromatic N) is 2. The van der Waals surface area contributed by atoms with E-state index < -0.39 is 18.0 Å². The van der Waals surface area contributed by atoms with Gasteiger partial charge < -0.3 is 24.3 Å². The van der Waals surface area contributed by atoms with E-state index in [1.54, 1.807) is 0 Å². The lowest BCUT2D eigenvalue weighted by Crippen LogP contribution is -2.44. The fraction of sp³-hybridized carbons (Fsp3) is 0.576. The Balaban J connectivity index is 1.43. The summed E-state index contributed by atoms with van der Waals surface area (Å²) in [5.41, 5.74) is 12.1. The Morgan fingerprint density at radius 3 is 2.38 bits per heavy atom. The predicted molar refractivity (Wildman–Crippen MR) is 160 cm³/mol. The number of Topliss-reactive ketones (excluding diaryl/α,β-unsaturated/α-hetero) is 1. The van der Waals surface area contributed by atoms with E-state index in [2.05, 4.69) is 10.6 Å². The average Bonchev–Trinajstić information content (AvgIpc) is 3.14. The molecule has 1 aromatic heterocycles. The van der Waals surface area contributed by atoms with E-state index in [9.17, 15) is 19.2 Å². The molecule has 228 valence electrons. The molecule has 1 saturated carbocycles. The first-order valence-corrected chi connectivity index (χ1v) is 15.1. The third-order valence-electron chi connectivity index (χ3n) is 8.60. The third-order valence-corrected chi connectivity index (χ3v) is 8.60. The largest absolute Gasteiger partial charge is 0.462 e. The number of esters is 2. The zero-order chi connectivity index (χ0) is 30.8. The molecule has 0 aliphatic heterocycles. The summed E-state index contributed by atoms with van der Waals surface area (Å²) in [6.45, 7) is 5.92. The van der Waals surface area contributed by atoms with Gasteiger partial charge in [0.1, 0.15) is 12.6 Å². The fourth-order valence-electron chi connectivity index (χ4n) is 6.68. The summed E-state index contributed by atoms with van der Waals surface area (Å²) in [5, 5.41) is 0. The normalized spacial score (nSPS) is 19.6. The number of rotatable bonds is 10. The standard InChI is InChI=1S/C33H45N3O6/c1-20-21(2)35(29-8-7-9-30(38)32(20)29)25-12-15-28(33(34)40)24(17-25)16-23-10-13-26(14-11-23)42-31(39)18-27(41-22(3)37)19-36(4,5)6/h12,15,17,23,26-27H,7-11,13-14,16,18-19H2,1-6H3,(H-,34,40)/p+1. The SMILES string of the molecule is CC(=O)OC(CC(=O)OC1CCC(Cc2cc(-n3c(C)c(C)c4c3CCCC4=O)ccc2C(N)=O)CC1)C[N+](C)(C)C. The maximum absolute atomic E-state index is 12.7. The van der Waals surface area contributed by atoms with Crippen LogP contribution >= 0.6 is 0 Å². The van der Waals surface area contributed by atoms with E-state index in [1.165, 1.54) is 6.92 Å². The highest BCUT2D eigenvalue weighted by Crippen LogP contribution is 2.34. The van der Waals surface area contributed by atoms with Gasteiger partial charge >= 0.3 is 11.9 Å². The van der Waals surface area contributed by atoms with Crippen LogP contribution in [0.2, 0.25) is 0 Å². The number of ketones is 1. The lowest BCUT2D eigenvalue weighted by molar-refractivity contribution is -0.873. The van der Waals surface area contributed by atoms with Crippen LogP contribution in [0.25, 0.3) is 5.69 Å². The number of hydrogen-bond acceptors (Lipinski definition) is 6. The van der Waals surface area contributed by atoms with Crippen molar-refractivity contribution in [1.82, 2.24) is 4.57 Å². The first-order chi connectivity index (χ1) is 19.7. The molecule has 2 aromatic rings. The van der Waals surface area contributed by atoms with Crippen LogP contribution in [0.4, 0.5) is 0 Å². The zero-order valence-corrected chi connectivity index (χ0v) is 26.0. The first kappa shape index (κ1) is 31.5. The molecule has 2 aliphatic carbocycles. The Morgan fingerprint density at radius 2 is 1.76 bits per heavy atom. The molecule has 0 spiro atoms. The third kappa shape index (κ3) is 7.48. The minimum atomic E-state index is -0.526. The van der Waals surface area contributed by atoms with Crippen molar-refractivity contribution in [2.45, 2.75) is 90.8 Å². The molecule has 4 rings (SSSR count). The molecule has 1 unspecified atom stereocenters. The Bertz CT molecular complexity index is 1360. The summed E-state index contributed by atoms with van der Waals surface area (Å²) in [6, 6.07) is 5.79. The molecule has 2 N–H and O–H groups in total. The van der Waals surface area contributed by atoms with Crippen molar-refractivity contribution in [3.63, 3.8) is 0 Å². The van der Waals surface area contributed by atoms with E-state index in [0.29, 0.717) is 35.4 Å². The van der Waals surface area contributed by atoms with Crippen LogP contribution in [0.15, 0.2) is 18.2 Å². The molecular formula is C33H46N3O6+. The number of likely N-dealkylation sites (N-methyl/N-ethyl adjacent to an activating group) is 1. The Morgan fingerprint density at radius 1 is 1.07 bits per heavy atom. The topological polar surface area (TPSA) is 118 Å².